The Bertz CT molecular complexity index is 863. The first kappa shape index (κ1) is 21.7. The number of hydrogen-bond acceptors (Lipinski definition) is 3. The number of anilines is 1. The number of esters is 1. The first-order valence-electron chi connectivity index (χ1n) is 7.39. The van der Waals surface area contributed by atoms with Crippen molar-refractivity contribution < 1.29 is 40.7 Å². The first-order valence-corrected chi connectivity index (χ1v) is 8.18. The van der Waals surface area contributed by atoms with E-state index in [1.54, 1.807) is 18.2 Å². The minimum atomic E-state index is -5.10. The fraction of sp³-hybridized carbons (Fsp3) is 0.176. The van der Waals surface area contributed by atoms with Gasteiger partial charge in [0.1, 0.15) is 0 Å². The van der Waals surface area contributed by atoms with Gasteiger partial charge < -0.3 is 10.1 Å². The summed E-state index contributed by atoms with van der Waals surface area (Å²) in [7, 11) is 0. The number of hydrogen-bond donors (Lipinski definition) is 1. The topological polar surface area (TPSA) is 55.4 Å². The third kappa shape index (κ3) is 5.72. The molecular formula is C17H10BrF6NO3. The van der Waals surface area contributed by atoms with Crippen LogP contribution in [0.5, 0.6) is 0 Å². The van der Waals surface area contributed by atoms with Crippen LogP contribution in [-0.2, 0) is 21.9 Å². The molecular weight excluding hydrogens is 460 g/mol. The molecule has 0 radical (unpaired) electrons. The van der Waals surface area contributed by atoms with E-state index in [2.05, 4.69) is 26.0 Å². The fourth-order valence-electron chi connectivity index (χ4n) is 2.04. The van der Waals surface area contributed by atoms with Crippen LogP contribution in [0.2, 0.25) is 0 Å². The van der Waals surface area contributed by atoms with Crippen LogP contribution in [0.25, 0.3) is 0 Å². The predicted octanol–water partition coefficient (Wildman–Crippen LogP) is 5.28. The van der Waals surface area contributed by atoms with Crippen molar-refractivity contribution in [3.05, 3.63) is 63.6 Å². The minimum absolute atomic E-state index is 0.115. The second-order valence-corrected chi connectivity index (χ2v) is 6.25. The van der Waals surface area contributed by atoms with Gasteiger partial charge >= 0.3 is 18.3 Å². The van der Waals surface area contributed by atoms with Crippen molar-refractivity contribution >= 4 is 33.5 Å². The molecule has 2 aromatic carbocycles. The molecule has 0 aliphatic heterocycles. The van der Waals surface area contributed by atoms with E-state index in [4.69, 9.17) is 0 Å². The van der Waals surface area contributed by atoms with Crippen molar-refractivity contribution in [1.82, 2.24) is 0 Å². The Morgan fingerprint density at radius 2 is 1.46 bits per heavy atom. The third-order valence-electron chi connectivity index (χ3n) is 3.31. The largest absolute Gasteiger partial charge is 0.452 e. The van der Waals surface area contributed by atoms with E-state index in [9.17, 15) is 35.9 Å². The molecule has 0 aliphatic carbocycles. The molecule has 11 heteroatoms. The van der Waals surface area contributed by atoms with Crippen molar-refractivity contribution in [2.45, 2.75) is 12.4 Å². The second-order valence-electron chi connectivity index (χ2n) is 5.40. The summed E-state index contributed by atoms with van der Waals surface area (Å²) >= 11 is 3.16. The Kier molecular flexibility index (Phi) is 6.37. The summed E-state index contributed by atoms with van der Waals surface area (Å²) in [5.74, 6) is -2.33. The minimum Gasteiger partial charge on any atom is -0.452 e. The average Bonchev–Trinajstić information content (AvgIpc) is 2.59. The summed E-state index contributed by atoms with van der Waals surface area (Å²) < 4.78 is 81.9. The summed E-state index contributed by atoms with van der Waals surface area (Å²) in [6.07, 6.45) is -10.2. The molecule has 0 fully saturated rings. The van der Waals surface area contributed by atoms with Gasteiger partial charge in [-0.25, -0.2) is 4.79 Å². The maximum Gasteiger partial charge on any atom is 0.416 e. The lowest BCUT2D eigenvalue weighted by molar-refractivity contribution is -0.143. The smallest absolute Gasteiger partial charge is 0.416 e. The Hall–Kier alpha value is -2.56. The van der Waals surface area contributed by atoms with Crippen LogP contribution >= 0.6 is 15.9 Å². The lowest BCUT2D eigenvalue weighted by Gasteiger charge is -2.14. The SMILES string of the molecule is O=C(COC(=O)c1cc(C(F)(F)F)cc(C(F)(F)F)c1)Nc1ccccc1Br. The lowest BCUT2D eigenvalue weighted by Crippen LogP contribution is -2.22. The number of para-hydroxylation sites is 1. The van der Waals surface area contributed by atoms with Crippen molar-refractivity contribution in [2.75, 3.05) is 11.9 Å². The highest BCUT2D eigenvalue weighted by Crippen LogP contribution is 2.36. The number of amides is 1. The highest BCUT2D eigenvalue weighted by atomic mass is 79.9. The van der Waals surface area contributed by atoms with Gasteiger partial charge in [0.05, 0.1) is 22.4 Å². The molecule has 28 heavy (non-hydrogen) atoms. The molecule has 4 nitrogen and oxygen atoms in total. The van der Waals surface area contributed by atoms with Gasteiger partial charge in [-0.1, -0.05) is 12.1 Å². The van der Waals surface area contributed by atoms with Crippen LogP contribution in [0.1, 0.15) is 21.5 Å². The van der Waals surface area contributed by atoms with Gasteiger partial charge in [-0.15, -0.1) is 0 Å². The second kappa shape index (κ2) is 8.21. The molecule has 1 N–H and O–H groups in total. The Morgan fingerprint density at radius 1 is 0.929 bits per heavy atom. The number of nitrogens with one attached hydrogen (secondary N) is 1. The van der Waals surface area contributed by atoms with Gasteiger partial charge in [0, 0.05) is 4.47 Å². The maximum absolute atomic E-state index is 12.8. The van der Waals surface area contributed by atoms with Crippen LogP contribution in [0.3, 0.4) is 0 Å². The van der Waals surface area contributed by atoms with E-state index in [1.807, 2.05) is 0 Å². The van der Waals surface area contributed by atoms with E-state index < -0.39 is 47.5 Å². The number of halogens is 7. The number of carbonyl (C=O) groups excluding carboxylic acids is 2. The van der Waals surface area contributed by atoms with Crippen LogP contribution in [0.15, 0.2) is 46.9 Å². The molecule has 2 aromatic rings. The molecule has 0 spiro atoms. The lowest BCUT2D eigenvalue weighted by atomic mass is 10.0. The van der Waals surface area contributed by atoms with Crippen molar-refractivity contribution in [1.29, 1.82) is 0 Å². The van der Waals surface area contributed by atoms with E-state index in [0.717, 1.165) is 0 Å². The van der Waals surface area contributed by atoms with Crippen LogP contribution in [-0.4, -0.2) is 18.5 Å². The van der Waals surface area contributed by atoms with Crippen molar-refractivity contribution in [3.8, 4) is 0 Å². The summed E-state index contributed by atoms with van der Waals surface area (Å²) in [6, 6.07) is 6.75. The monoisotopic (exact) mass is 469 g/mol. The van der Waals surface area contributed by atoms with Crippen molar-refractivity contribution in [3.63, 3.8) is 0 Å². The Labute approximate surface area is 162 Å². The van der Waals surface area contributed by atoms with Crippen LogP contribution in [0.4, 0.5) is 32.0 Å². The van der Waals surface area contributed by atoms with E-state index in [0.29, 0.717) is 10.2 Å². The standard InChI is InChI=1S/C17H10BrF6NO3/c18-12-3-1-2-4-13(12)25-14(26)8-28-15(27)9-5-10(16(19,20)21)7-11(6-9)17(22,23)24/h1-7H,8H2,(H,25,26). The maximum atomic E-state index is 12.8. The summed E-state index contributed by atoms with van der Waals surface area (Å²) in [5.41, 5.74) is -3.96. The molecule has 2 rings (SSSR count). The van der Waals surface area contributed by atoms with Gasteiger partial charge in [-0.05, 0) is 46.3 Å². The van der Waals surface area contributed by atoms with Gasteiger partial charge in [-0.2, -0.15) is 26.3 Å². The highest BCUT2D eigenvalue weighted by molar-refractivity contribution is 9.10. The molecule has 150 valence electrons. The summed E-state index contributed by atoms with van der Waals surface area (Å²) in [5, 5.41) is 2.37. The zero-order valence-electron chi connectivity index (χ0n) is 13.6. The van der Waals surface area contributed by atoms with Gasteiger partial charge in [0.25, 0.3) is 5.91 Å². The van der Waals surface area contributed by atoms with Crippen LogP contribution in [0, 0.1) is 0 Å². The number of carbonyl (C=O) groups is 2. The molecule has 0 saturated carbocycles. The number of alkyl halides is 6. The van der Waals surface area contributed by atoms with E-state index >= 15 is 0 Å². The normalized spacial score (nSPS) is 11.8. The molecule has 0 unspecified atom stereocenters. The quantitative estimate of drug-likeness (QED) is 0.489. The Balaban J connectivity index is 2.15. The molecule has 0 saturated heterocycles. The average molecular weight is 470 g/mol. The molecule has 0 heterocycles. The zero-order chi connectivity index (χ0) is 21.1. The molecule has 0 aliphatic rings. The van der Waals surface area contributed by atoms with Gasteiger partial charge in [-0.3, -0.25) is 4.79 Å². The van der Waals surface area contributed by atoms with E-state index in [-0.39, 0.29) is 18.2 Å². The number of rotatable bonds is 4. The molecule has 0 aromatic heterocycles. The summed E-state index contributed by atoms with van der Waals surface area (Å²) in [4.78, 5) is 23.7. The van der Waals surface area contributed by atoms with Gasteiger partial charge in [0.15, 0.2) is 6.61 Å². The predicted molar refractivity (Wildman–Crippen MR) is 89.5 cm³/mol. The first-order chi connectivity index (χ1) is 12.9. The zero-order valence-corrected chi connectivity index (χ0v) is 15.2. The number of benzene rings is 2. The van der Waals surface area contributed by atoms with Crippen LogP contribution < -0.4 is 5.32 Å². The third-order valence-corrected chi connectivity index (χ3v) is 4.00. The molecule has 0 bridgehead atoms. The van der Waals surface area contributed by atoms with Crippen molar-refractivity contribution in [2.24, 2.45) is 0 Å². The number of ether oxygens (including phenoxy) is 1. The van der Waals surface area contributed by atoms with E-state index in [1.165, 1.54) is 6.07 Å². The summed E-state index contributed by atoms with van der Waals surface area (Å²) in [6.45, 7) is -0.905. The molecule has 1 amide bonds. The highest BCUT2D eigenvalue weighted by Gasteiger charge is 2.37. The van der Waals surface area contributed by atoms with Gasteiger partial charge in [0.2, 0.25) is 0 Å². The molecule has 0 atom stereocenters. The fourth-order valence-corrected chi connectivity index (χ4v) is 2.42. The Morgan fingerprint density at radius 3 is 1.96 bits per heavy atom.